The number of ether oxygens (including phenoxy) is 2. The van der Waals surface area contributed by atoms with Crippen LogP contribution < -0.4 is 4.74 Å². The second-order valence-corrected chi connectivity index (χ2v) is 7.02. The summed E-state index contributed by atoms with van der Waals surface area (Å²) in [5, 5.41) is 4.20. The van der Waals surface area contributed by atoms with Crippen molar-refractivity contribution in [2.75, 3.05) is 6.54 Å². The number of carbonyl (C=O) groups excluding carboxylic acids is 1. The predicted molar refractivity (Wildman–Crippen MR) is 86.6 cm³/mol. The van der Waals surface area contributed by atoms with Crippen LogP contribution in [0.1, 0.15) is 34.1 Å². The monoisotopic (exact) mass is 317 g/mol. The van der Waals surface area contributed by atoms with Crippen LogP contribution in [0, 0.1) is 0 Å². The number of fused-ring (bicyclic) bond motifs is 1. The molecule has 0 N–H and O–H groups in total. The van der Waals surface area contributed by atoms with E-state index in [2.05, 4.69) is 5.10 Å². The second-order valence-electron chi connectivity index (χ2n) is 7.02. The van der Waals surface area contributed by atoms with Gasteiger partial charge < -0.3 is 14.4 Å². The highest BCUT2D eigenvalue weighted by molar-refractivity contribution is 5.69. The van der Waals surface area contributed by atoms with Gasteiger partial charge in [0.25, 0.3) is 0 Å². The van der Waals surface area contributed by atoms with Crippen molar-refractivity contribution >= 4 is 11.6 Å². The Bertz CT molecular complexity index is 704. The average Bonchev–Trinajstić information content (AvgIpc) is 3.03. The Hall–Kier alpha value is -2.24. The molecule has 6 heteroatoms. The molecule has 3 rings (SSSR count). The van der Waals surface area contributed by atoms with Crippen molar-refractivity contribution in [1.82, 2.24) is 14.5 Å². The fourth-order valence-electron chi connectivity index (χ4n) is 2.80. The van der Waals surface area contributed by atoms with E-state index in [1.54, 1.807) is 15.6 Å². The van der Waals surface area contributed by atoms with Gasteiger partial charge in [-0.2, -0.15) is 5.10 Å². The maximum absolute atomic E-state index is 12.2. The largest absolute Gasteiger partial charge is 0.487 e. The SMILES string of the molecule is CC1CC(Oc2ccc3ccnn3c2)CN1C(=O)OC(C)(C)C. The van der Waals surface area contributed by atoms with Crippen molar-refractivity contribution in [2.24, 2.45) is 0 Å². The summed E-state index contributed by atoms with van der Waals surface area (Å²) in [6.07, 6.45) is 4.08. The van der Waals surface area contributed by atoms with Crippen molar-refractivity contribution in [2.45, 2.75) is 51.9 Å². The summed E-state index contributed by atoms with van der Waals surface area (Å²) in [5.41, 5.74) is 0.536. The summed E-state index contributed by atoms with van der Waals surface area (Å²) in [6.45, 7) is 8.17. The summed E-state index contributed by atoms with van der Waals surface area (Å²) in [5.74, 6) is 0.754. The Kier molecular flexibility index (Phi) is 3.92. The van der Waals surface area contributed by atoms with Crippen molar-refractivity contribution in [3.8, 4) is 5.75 Å². The normalized spacial score (nSPS) is 21.7. The Morgan fingerprint density at radius 2 is 2.09 bits per heavy atom. The molecule has 124 valence electrons. The van der Waals surface area contributed by atoms with Gasteiger partial charge in [-0.05, 0) is 45.9 Å². The molecule has 0 saturated carbocycles. The van der Waals surface area contributed by atoms with E-state index in [1.165, 1.54) is 0 Å². The zero-order valence-electron chi connectivity index (χ0n) is 14.0. The predicted octanol–water partition coefficient (Wildman–Crippen LogP) is 3.11. The number of pyridine rings is 1. The summed E-state index contributed by atoms with van der Waals surface area (Å²) in [6, 6.07) is 5.93. The fraction of sp³-hybridized carbons (Fsp3) is 0.529. The molecule has 2 atom stereocenters. The number of hydrogen-bond donors (Lipinski definition) is 0. The van der Waals surface area contributed by atoms with Crippen LogP contribution in [0.25, 0.3) is 5.52 Å². The zero-order valence-corrected chi connectivity index (χ0v) is 14.0. The van der Waals surface area contributed by atoms with Gasteiger partial charge in [-0.1, -0.05) is 0 Å². The highest BCUT2D eigenvalue weighted by atomic mass is 16.6. The molecule has 6 nitrogen and oxygen atoms in total. The Morgan fingerprint density at radius 3 is 2.83 bits per heavy atom. The molecular formula is C17H23N3O3. The van der Waals surface area contributed by atoms with E-state index in [0.29, 0.717) is 6.54 Å². The minimum Gasteiger partial charge on any atom is -0.487 e. The van der Waals surface area contributed by atoms with Gasteiger partial charge in [0, 0.05) is 18.7 Å². The molecule has 2 unspecified atom stereocenters. The molecular weight excluding hydrogens is 294 g/mol. The topological polar surface area (TPSA) is 56.1 Å². The van der Waals surface area contributed by atoms with E-state index in [9.17, 15) is 4.79 Å². The highest BCUT2D eigenvalue weighted by Gasteiger charge is 2.36. The lowest BCUT2D eigenvalue weighted by molar-refractivity contribution is 0.0224. The van der Waals surface area contributed by atoms with E-state index >= 15 is 0 Å². The molecule has 0 aliphatic carbocycles. The van der Waals surface area contributed by atoms with E-state index in [1.807, 2.05) is 52.1 Å². The van der Waals surface area contributed by atoms with Crippen LogP contribution >= 0.6 is 0 Å². The lowest BCUT2D eigenvalue weighted by Gasteiger charge is -2.26. The first-order valence-electron chi connectivity index (χ1n) is 7.91. The minimum atomic E-state index is -0.485. The van der Waals surface area contributed by atoms with Gasteiger partial charge in [0.2, 0.25) is 0 Å². The highest BCUT2D eigenvalue weighted by Crippen LogP contribution is 2.25. The Morgan fingerprint density at radius 1 is 1.30 bits per heavy atom. The summed E-state index contributed by atoms with van der Waals surface area (Å²) < 4.78 is 13.3. The molecule has 0 radical (unpaired) electrons. The molecule has 1 aliphatic rings. The molecule has 1 fully saturated rings. The van der Waals surface area contributed by atoms with Crippen LogP contribution in [-0.2, 0) is 4.74 Å². The van der Waals surface area contributed by atoms with E-state index < -0.39 is 5.60 Å². The molecule has 1 aliphatic heterocycles. The molecule has 23 heavy (non-hydrogen) atoms. The molecule has 0 aromatic carbocycles. The van der Waals surface area contributed by atoms with E-state index in [-0.39, 0.29) is 18.2 Å². The number of rotatable bonds is 2. The number of aromatic nitrogens is 2. The molecule has 2 aromatic heterocycles. The summed E-state index contributed by atoms with van der Waals surface area (Å²) in [7, 11) is 0. The van der Waals surface area contributed by atoms with Crippen molar-refractivity contribution < 1.29 is 14.3 Å². The number of carbonyl (C=O) groups is 1. The Balaban J connectivity index is 1.65. The zero-order chi connectivity index (χ0) is 16.6. The summed E-state index contributed by atoms with van der Waals surface area (Å²) >= 11 is 0. The number of amides is 1. The number of likely N-dealkylation sites (tertiary alicyclic amines) is 1. The third-order valence-corrected chi connectivity index (χ3v) is 3.84. The molecule has 0 spiro atoms. The van der Waals surface area contributed by atoms with Gasteiger partial charge in [-0.25, -0.2) is 9.31 Å². The molecule has 3 heterocycles. The lowest BCUT2D eigenvalue weighted by atomic mass is 10.2. The van der Waals surface area contributed by atoms with Crippen LogP contribution in [0.4, 0.5) is 4.79 Å². The van der Waals surface area contributed by atoms with Crippen LogP contribution in [0.5, 0.6) is 5.75 Å². The molecule has 1 saturated heterocycles. The van der Waals surface area contributed by atoms with Gasteiger partial charge in [-0.15, -0.1) is 0 Å². The van der Waals surface area contributed by atoms with Crippen molar-refractivity contribution in [1.29, 1.82) is 0 Å². The van der Waals surface area contributed by atoms with Crippen LogP contribution in [-0.4, -0.2) is 44.9 Å². The second kappa shape index (κ2) is 5.76. The van der Waals surface area contributed by atoms with Crippen LogP contribution in [0.2, 0.25) is 0 Å². The van der Waals surface area contributed by atoms with Crippen molar-refractivity contribution in [3.63, 3.8) is 0 Å². The van der Waals surface area contributed by atoms with Gasteiger partial charge >= 0.3 is 6.09 Å². The van der Waals surface area contributed by atoms with Crippen molar-refractivity contribution in [3.05, 3.63) is 30.6 Å². The standard InChI is InChI=1S/C17H23N3O3/c1-12-9-15(10-19(12)16(21)23-17(2,3)4)22-14-6-5-13-7-8-18-20(13)11-14/h5-8,11-12,15H,9-10H2,1-4H3. The first-order chi connectivity index (χ1) is 10.8. The quantitative estimate of drug-likeness (QED) is 0.854. The van der Waals surface area contributed by atoms with Gasteiger partial charge in [0.05, 0.1) is 18.3 Å². The Labute approximate surface area is 136 Å². The number of hydrogen-bond acceptors (Lipinski definition) is 4. The van der Waals surface area contributed by atoms with Gasteiger partial charge in [0.15, 0.2) is 0 Å². The molecule has 2 aromatic rings. The maximum Gasteiger partial charge on any atom is 0.410 e. The maximum atomic E-state index is 12.2. The first-order valence-corrected chi connectivity index (χ1v) is 7.91. The van der Waals surface area contributed by atoms with Gasteiger partial charge in [-0.3, -0.25) is 0 Å². The minimum absolute atomic E-state index is 0.0365. The van der Waals surface area contributed by atoms with Crippen LogP contribution in [0.3, 0.4) is 0 Å². The molecule has 0 bridgehead atoms. The van der Waals surface area contributed by atoms with E-state index in [4.69, 9.17) is 9.47 Å². The van der Waals surface area contributed by atoms with E-state index in [0.717, 1.165) is 17.7 Å². The third-order valence-electron chi connectivity index (χ3n) is 3.84. The molecule has 1 amide bonds. The number of nitrogens with zero attached hydrogens (tertiary/aromatic N) is 3. The van der Waals surface area contributed by atoms with Crippen LogP contribution in [0.15, 0.2) is 30.6 Å². The van der Waals surface area contributed by atoms with Gasteiger partial charge in [0.1, 0.15) is 17.5 Å². The fourth-order valence-corrected chi connectivity index (χ4v) is 2.80. The smallest absolute Gasteiger partial charge is 0.410 e. The summed E-state index contributed by atoms with van der Waals surface area (Å²) in [4.78, 5) is 14.0. The third kappa shape index (κ3) is 3.57. The average molecular weight is 317 g/mol. The lowest BCUT2D eigenvalue weighted by Crippen LogP contribution is -2.39. The first kappa shape index (κ1) is 15.6.